The Morgan fingerprint density at radius 1 is 0.719 bits per heavy atom. The number of hydrogen-bond donors (Lipinski definition) is 0. The van der Waals surface area contributed by atoms with Crippen LogP contribution in [0, 0.1) is 0 Å². The first kappa shape index (κ1) is 24.6. The summed E-state index contributed by atoms with van der Waals surface area (Å²) in [6.45, 7) is 4.15. The molecular formula is C22H24O10. The van der Waals surface area contributed by atoms with Crippen molar-refractivity contribution < 1.29 is 47.7 Å². The van der Waals surface area contributed by atoms with Crippen molar-refractivity contribution in [3.8, 4) is 0 Å². The second-order valence-electron chi connectivity index (χ2n) is 6.94. The smallest absolute Gasteiger partial charge is 0.338 e. The second-order valence-corrected chi connectivity index (χ2v) is 6.94. The second kappa shape index (κ2) is 11.1. The molecule has 0 N–H and O–H groups in total. The van der Waals surface area contributed by atoms with Gasteiger partial charge in [-0.2, -0.15) is 0 Å². The fraction of sp³-hybridized carbons (Fsp3) is 0.409. The van der Waals surface area contributed by atoms with Gasteiger partial charge in [0, 0.05) is 33.3 Å². The summed E-state index contributed by atoms with van der Waals surface area (Å²) >= 11 is 0. The van der Waals surface area contributed by atoms with Gasteiger partial charge in [0.2, 0.25) is 0 Å². The van der Waals surface area contributed by atoms with Crippen molar-refractivity contribution in [3.63, 3.8) is 0 Å². The van der Waals surface area contributed by atoms with Gasteiger partial charge in [0.1, 0.15) is 6.61 Å². The lowest BCUT2D eigenvalue weighted by Crippen LogP contribution is -2.55. The van der Waals surface area contributed by atoms with Gasteiger partial charge in [0.25, 0.3) is 0 Å². The normalized spacial score (nSPS) is 22.1. The first-order chi connectivity index (χ1) is 15.1. The largest absolute Gasteiger partial charge is 0.457 e. The Morgan fingerprint density at radius 2 is 1.25 bits per heavy atom. The minimum absolute atomic E-state index is 0.186. The third kappa shape index (κ3) is 6.93. The fourth-order valence-electron chi connectivity index (χ4n) is 3.17. The number of carbonyl (C=O) groups excluding carboxylic acids is 5. The van der Waals surface area contributed by atoms with E-state index in [1.54, 1.807) is 30.3 Å². The van der Waals surface area contributed by atoms with Crippen LogP contribution in [0.25, 0.3) is 0 Å². The Kier molecular flexibility index (Phi) is 8.51. The predicted octanol–water partition coefficient (Wildman–Crippen LogP) is 1.51. The van der Waals surface area contributed by atoms with Gasteiger partial charge in [-0.3, -0.25) is 19.2 Å². The maximum absolute atomic E-state index is 12.3. The molecule has 1 aliphatic rings. The van der Waals surface area contributed by atoms with Crippen LogP contribution in [0.4, 0.5) is 0 Å². The highest BCUT2D eigenvalue weighted by Gasteiger charge is 2.48. The van der Waals surface area contributed by atoms with Gasteiger partial charge in [0.15, 0.2) is 24.4 Å². The third-order valence-electron chi connectivity index (χ3n) is 4.27. The molecule has 0 aromatic heterocycles. The Balaban J connectivity index is 2.42. The molecule has 0 spiro atoms. The van der Waals surface area contributed by atoms with Crippen molar-refractivity contribution in [2.24, 2.45) is 0 Å². The summed E-state index contributed by atoms with van der Waals surface area (Å²) in [5, 5.41) is 0. The lowest BCUT2D eigenvalue weighted by atomic mass is 9.89. The molecule has 1 aliphatic carbocycles. The van der Waals surface area contributed by atoms with Gasteiger partial charge in [0.05, 0.1) is 5.56 Å². The van der Waals surface area contributed by atoms with E-state index in [9.17, 15) is 24.0 Å². The number of carbonyl (C=O) groups is 5. The number of esters is 5. The molecule has 10 nitrogen and oxygen atoms in total. The standard InChI is InChI=1S/C22H24O10/c1-12(23)29-18-10-17(11-28-22(27)16-8-6-5-7-9-16)19(30-13(2)24)21(32-15(4)26)20(18)31-14(3)25/h5-10,18-21H,11H2,1-4H3. The zero-order valence-electron chi connectivity index (χ0n) is 18.1. The average molecular weight is 448 g/mol. The molecule has 0 radical (unpaired) electrons. The monoisotopic (exact) mass is 448 g/mol. The van der Waals surface area contributed by atoms with Crippen molar-refractivity contribution in [2.75, 3.05) is 6.61 Å². The van der Waals surface area contributed by atoms with Gasteiger partial charge in [-0.15, -0.1) is 0 Å². The molecule has 4 unspecified atom stereocenters. The van der Waals surface area contributed by atoms with Crippen LogP contribution >= 0.6 is 0 Å². The summed E-state index contributed by atoms with van der Waals surface area (Å²) in [6, 6.07) is 8.17. The van der Waals surface area contributed by atoms with Crippen molar-refractivity contribution in [2.45, 2.75) is 52.1 Å². The summed E-state index contributed by atoms with van der Waals surface area (Å²) in [5.41, 5.74) is 0.476. The average Bonchev–Trinajstić information content (AvgIpc) is 2.70. The summed E-state index contributed by atoms with van der Waals surface area (Å²) in [4.78, 5) is 59.1. The van der Waals surface area contributed by atoms with Crippen LogP contribution in [-0.4, -0.2) is 60.9 Å². The molecule has 0 amide bonds. The zero-order chi connectivity index (χ0) is 23.8. The molecule has 10 heteroatoms. The molecule has 0 bridgehead atoms. The highest BCUT2D eigenvalue weighted by molar-refractivity contribution is 5.89. The molecule has 32 heavy (non-hydrogen) atoms. The van der Waals surface area contributed by atoms with E-state index in [0.717, 1.165) is 27.7 Å². The summed E-state index contributed by atoms with van der Waals surface area (Å²) in [5.74, 6) is -3.56. The highest BCUT2D eigenvalue weighted by Crippen LogP contribution is 2.30. The van der Waals surface area contributed by atoms with E-state index < -0.39 is 54.3 Å². The van der Waals surface area contributed by atoms with E-state index in [-0.39, 0.29) is 12.2 Å². The van der Waals surface area contributed by atoms with E-state index in [0.29, 0.717) is 5.56 Å². The number of hydrogen-bond acceptors (Lipinski definition) is 10. The van der Waals surface area contributed by atoms with Gasteiger partial charge < -0.3 is 23.7 Å². The van der Waals surface area contributed by atoms with Crippen LogP contribution in [0.2, 0.25) is 0 Å². The highest BCUT2D eigenvalue weighted by atomic mass is 16.6. The van der Waals surface area contributed by atoms with Crippen molar-refractivity contribution in [1.82, 2.24) is 0 Å². The number of benzene rings is 1. The lowest BCUT2D eigenvalue weighted by molar-refractivity contribution is -0.195. The molecular weight excluding hydrogens is 424 g/mol. The quantitative estimate of drug-likeness (QED) is 0.343. The van der Waals surface area contributed by atoms with Gasteiger partial charge in [-0.1, -0.05) is 18.2 Å². The topological polar surface area (TPSA) is 132 Å². The molecule has 0 heterocycles. The Labute approximate surface area is 184 Å². The van der Waals surface area contributed by atoms with Crippen LogP contribution in [-0.2, 0) is 42.9 Å². The summed E-state index contributed by atoms with van der Waals surface area (Å²) < 4.78 is 26.4. The predicted molar refractivity (Wildman–Crippen MR) is 107 cm³/mol. The first-order valence-electron chi connectivity index (χ1n) is 9.70. The van der Waals surface area contributed by atoms with Crippen LogP contribution < -0.4 is 0 Å². The van der Waals surface area contributed by atoms with Crippen molar-refractivity contribution in [3.05, 3.63) is 47.5 Å². The maximum Gasteiger partial charge on any atom is 0.338 e. The fourth-order valence-corrected chi connectivity index (χ4v) is 3.17. The van der Waals surface area contributed by atoms with E-state index in [1.165, 1.54) is 6.08 Å². The third-order valence-corrected chi connectivity index (χ3v) is 4.27. The van der Waals surface area contributed by atoms with E-state index in [4.69, 9.17) is 23.7 Å². The van der Waals surface area contributed by atoms with Crippen LogP contribution in [0.15, 0.2) is 42.0 Å². The zero-order valence-corrected chi connectivity index (χ0v) is 18.1. The van der Waals surface area contributed by atoms with E-state index in [1.807, 2.05) is 0 Å². The molecule has 1 aromatic carbocycles. The van der Waals surface area contributed by atoms with E-state index in [2.05, 4.69) is 0 Å². The molecule has 2 rings (SSSR count). The van der Waals surface area contributed by atoms with Gasteiger partial charge >= 0.3 is 29.8 Å². The van der Waals surface area contributed by atoms with Crippen LogP contribution in [0.1, 0.15) is 38.1 Å². The van der Waals surface area contributed by atoms with Gasteiger partial charge in [-0.25, -0.2) is 4.79 Å². The van der Waals surface area contributed by atoms with Crippen molar-refractivity contribution in [1.29, 1.82) is 0 Å². The Bertz CT molecular complexity index is 905. The molecule has 0 aliphatic heterocycles. The molecule has 0 fully saturated rings. The van der Waals surface area contributed by atoms with Gasteiger partial charge in [-0.05, 0) is 18.2 Å². The first-order valence-corrected chi connectivity index (χ1v) is 9.70. The Hall–Kier alpha value is -3.69. The lowest BCUT2D eigenvalue weighted by Gasteiger charge is -2.39. The van der Waals surface area contributed by atoms with Crippen LogP contribution in [0.5, 0.6) is 0 Å². The molecule has 1 aromatic rings. The minimum atomic E-state index is -1.35. The Morgan fingerprint density at radius 3 is 1.78 bits per heavy atom. The molecule has 0 saturated heterocycles. The molecule has 4 atom stereocenters. The number of rotatable bonds is 7. The van der Waals surface area contributed by atoms with E-state index >= 15 is 0 Å². The van der Waals surface area contributed by atoms with Crippen LogP contribution in [0.3, 0.4) is 0 Å². The molecule has 0 saturated carbocycles. The molecule has 172 valence electrons. The number of ether oxygens (including phenoxy) is 5. The maximum atomic E-state index is 12.3. The van der Waals surface area contributed by atoms with Crippen molar-refractivity contribution >= 4 is 29.8 Å². The SMILES string of the molecule is CC(=O)OC1C=C(COC(=O)c2ccccc2)C(OC(C)=O)C(OC(C)=O)C1OC(C)=O. The summed E-state index contributed by atoms with van der Waals surface area (Å²) in [6.07, 6.45) is -3.73. The summed E-state index contributed by atoms with van der Waals surface area (Å²) in [7, 11) is 0. The minimum Gasteiger partial charge on any atom is -0.457 e.